The Hall–Kier alpha value is -1.81. The topological polar surface area (TPSA) is 63.0 Å². The van der Waals surface area contributed by atoms with Gasteiger partial charge >= 0.3 is 0 Å². The normalized spacial score (nSPS) is 19.9. The zero-order valence-corrected chi connectivity index (χ0v) is 20.3. The third-order valence-corrected chi connectivity index (χ3v) is 6.68. The molecule has 1 atom stereocenters. The SMILES string of the molecule is CCNC(=NCc1cn2ccsc2n1)NC1CC2(CCCC2)Oc2ccccc21.I. The second-order valence-corrected chi connectivity index (χ2v) is 8.82. The number of halogens is 1. The molecule has 1 aromatic carbocycles. The first kappa shape index (κ1) is 21.4. The van der Waals surface area contributed by atoms with Crippen molar-refractivity contribution in [3.63, 3.8) is 0 Å². The van der Waals surface area contributed by atoms with Crippen molar-refractivity contribution in [2.45, 2.75) is 57.2 Å². The number of nitrogens with zero attached hydrogens (tertiary/aromatic N) is 3. The standard InChI is InChI=1S/C22H27N5OS.HI/c1-2-23-20(24-14-16-15-27-11-12-29-21(27)25-16)26-18-13-22(9-5-6-10-22)28-19-8-4-3-7-17(18)19;/h3-4,7-8,11-12,15,18H,2,5-6,9-10,13-14H2,1H3,(H2,23,24,26);1H. The van der Waals surface area contributed by atoms with Gasteiger partial charge in [0.1, 0.15) is 11.4 Å². The third-order valence-electron chi connectivity index (χ3n) is 5.91. The number of aromatic nitrogens is 2. The molecule has 8 heteroatoms. The maximum absolute atomic E-state index is 6.49. The number of thiazole rings is 1. The van der Waals surface area contributed by atoms with Crippen molar-refractivity contribution in [2.75, 3.05) is 6.54 Å². The third kappa shape index (κ3) is 4.30. The van der Waals surface area contributed by atoms with Crippen molar-refractivity contribution in [2.24, 2.45) is 4.99 Å². The van der Waals surface area contributed by atoms with Crippen molar-refractivity contribution in [1.82, 2.24) is 20.0 Å². The number of hydrogen-bond acceptors (Lipinski definition) is 4. The highest BCUT2D eigenvalue weighted by molar-refractivity contribution is 14.0. The first-order valence-corrected chi connectivity index (χ1v) is 11.4. The summed E-state index contributed by atoms with van der Waals surface area (Å²) in [6.07, 6.45) is 9.84. The van der Waals surface area contributed by atoms with Gasteiger partial charge in [0.05, 0.1) is 18.3 Å². The second-order valence-electron chi connectivity index (χ2n) is 7.95. The Morgan fingerprint density at radius 1 is 1.33 bits per heavy atom. The summed E-state index contributed by atoms with van der Waals surface area (Å²) in [5, 5.41) is 9.14. The lowest BCUT2D eigenvalue weighted by atomic mass is 9.86. The molecule has 1 unspecified atom stereocenters. The number of nitrogens with one attached hydrogen (secondary N) is 2. The van der Waals surface area contributed by atoms with E-state index in [1.807, 2.05) is 11.6 Å². The van der Waals surface area contributed by atoms with Crippen LogP contribution in [-0.4, -0.2) is 27.5 Å². The maximum Gasteiger partial charge on any atom is 0.193 e. The Labute approximate surface area is 198 Å². The van der Waals surface area contributed by atoms with Gasteiger partial charge in [0.2, 0.25) is 0 Å². The number of hydrogen-bond donors (Lipinski definition) is 2. The summed E-state index contributed by atoms with van der Waals surface area (Å²) < 4.78 is 8.54. The van der Waals surface area contributed by atoms with Crippen LogP contribution in [-0.2, 0) is 6.54 Å². The van der Waals surface area contributed by atoms with Gasteiger partial charge in [0.25, 0.3) is 0 Å². The van der Waals surface area contributed by atoms with E-state index in [4.69, 9.17) is 9.73 Å². The molecule has 2 aliphatic rings. The number of rotatable bonds is 4. The Kier molecular flexibility index (Phi) is 6.52. The molecule has 3 heterocycles. The monoisotopic (exact) mass is 537 g/mol. The quantitative estimate of drug-likeness (QED) is 0.282. The minimum Gasteiger partial charge on any atom is -0.487 e. The van der Waals surface area contributed by atoms with E-state index in [1.54, 1.807) is 11.3 Å². The van der Waals surface area contributed by atoms with Crippen LogP contribution < -0.4 is 15.4 Å². The summed E-state index contributed by atoms with van der Waals surface area (Å²) in [6, 6.07) is 8.62. The van der Waals surface area contributed by atoms with Gasteiger partial charge in [0.15, 0.2) is 10.9 Å². The number of benzene rings is 1. The van der Waals surface area contributed by atoms with Crippen LogP contribution >= 0.6 is 35.3 Å². The minimum atomic E-state index is -0.0302. The minimum absolute atomic E-state index is 0. The molecule has 1 saturated carbocycles. The highest BCUT2D eigenvalue weighted by atomic mass is 127. The number of fused-ring (bicyclic) bond motifs is 2. The molecule has 2 aromatic heterocycles. The lowest BCUT2D eigenvalue weighted by Crippen LogP contribution is -2.46. The van der Waals surface area contributed by atoms with Crippen LogP contribution in [0.5, 0.6) is 5.75 Å². The molecule has 3 aromatic rings. The summed E-state index contributed by atoms with van der Waals surface area (Å²) in [5.74, 6) is 1.85. The average molecular weight is 537 g/mol. The van der Waals surface area contributed by atoms with E-state index in [-0.39, 0.29) is 35.6 Å². The molecule has 0 bridgehead atoms. The van der Waals surface area contributed by atoms with E-state index < -0.39 is 0 Å². The van der Waals surface area contributed by atoms with Gasteiger partial charge in [-0.25, -0.2) is 9.98 Å². The summed E-state index contributed by atoms with van der Waals surface area (Å²) in [4.78, 5) is 10.5. The smallest absolute Gasteiger partial charge is 0.193 e. The van der Waals surface area contributed by atoms with Gasteiger partial charge in [-0.1, -0.05) is 18.2 Å². The van der Waals surface area contributed by atoms with Gasteiger partial charge in [-0.2, -0.15) is 0 Å². The number of para-hydroxylation sites is 1. The molecule has 2 N–H and O–H groups in total. The van der Waals surface area contributed by atoms with Gasteiger partial charge in [-0.15, -0.1) is 35.3 Å². The fourth-order valence-corrected chi connectivity index (χ4v) is 5.29. The molecule has 6 nitrogen and oxygen atoms in total. The first-order valence-electron chi connectivity index (χ1n) is 10.5. The fourth-order valence-electron chi connectivity index (χ4n) is 4.57. The molecule has 1 fully saturated rings. The van der Waals surface area contributed by atoms with E-state index in [2.05, 4.69) is 57.4 Å². The van der Waals surface area contributed by atoms with Crippen LogP contribution in [0.1, 0.15) is 56.3 Å². The predicted molar refractivity (Wildman–Crippen MR) is 132 cm³/mol. The number of guanidine groups is 1. The molecular weight excluding hydrogens is 509 g/mol. The lowest BCUT2D eigenvalue weighted by Gasteiger charge is -2.40. The maximum atomic E-state index is 6.49. The summed E-state index contributed by atoms with van der Waals surface area (Å²) in [6.45, 7) is 3.47. The molecule has 1 aliphatic carbocycles. The van der Waals surface area contributed by atoms with Crippen molar-refractivity contribution < 1.29 is 4.74 Å². The molecule has 160 valence electrons. The summed E-state index contributed by atoms with van der Waals surface area (Å²) in [7, 11) is 0. The van der Waals surface area contributed by atoms with Gasteiger partial charge in [-0.3, -0.25) is 4.40 Å². The van der Waals surface area contributed by atoms with Crippen LogP contribution in [0.3, 0.4) is 0 Å². The number of aliphatic imine (C=N–C) groups is 1. The van der Waals surface area contributed by atoms with Crippen molar-refractivity contribution in [3.05, 3.63) is 53.3 Å². The first-order chi connectivity index (χ1) is 14.2. The largest absolute Gasteiger partial charge is 0.487 e. The van der Waals surface area contributed by atoms with Crippen LogP contribution in [0.2, 0.25) is 0 Å². The van der Waals surface area contributed by atoms with E-state index in [9.17, 15) is 0 Å². The predicted octanol–water partition coefficient (Wildman–Crippen LogP) is 4.91. The zero-order valence-electron chi connectivity index (χ0n) is 17.1. The molecule has 0 amide bonds. The second kappa shape index (κ2) is 9.13. The Morgan fingerprint density at radius 3 is 2.97 bits per heavy atom. The van der Waals surface area contributed by atoms with Gasteiger partial charge < -0.3 is 15.4 Å². The van der Waals surface area contributed by atoms with Gasteiger partial charge in [-0.05, 0) is 38.7 Å². The van der Waals surface area contributed by atoms with E-state index >= 15 is 0 Å². The number of ether oxygens (including phenoxy) is 1. The van der Waals surface area contributed by atoms with E-state index in [0.29, 0.717) is 6.54 Å². The Bertz CT molecular complexity index is 995. The van der Waals surface area contributed by atoms with Crippen LogP contribution in [0, 0.1) is 0 Å². The molecule has 0 radical (unpaired) electrons. The Balaban J connectivity index is 0.00000218. The molecule has 30 heavy (non-hydrogen) atoms. The fraction of sp³-hybridized carbons (Fsp3) is 0.455. The lowest BCUT2D eigenvalue weighted by molar-refractivity contribution is 0.0396. The van der Waals surface area contributed by atoms with Crippen LogP contribution in [0.15, 0.2) is 47.0 Å². The van der Waals surface area contributed by atoms with Gasteiger partial charge in [0, 0.05) is 36.3 Å². The average Bonchev–Trinajstić information content (AvgIpc) is 3.43. The molecule has 5 rings (SSSR count). The zero-order chi connectivity index (χ0) is 19.7. The van der Waals surface area contributed by atoms with Crippen molar-refractivity contribution >= 4 is 46.2 Å². The van der Waals surface area contributed by atoms with Crippen molar-refractivity contribution in [1.29, 1.82) is 0 Å². The summed E-state index contributed by atoms with van der Waals surface area (Å²) in [5.41, 5.74) is 2.17. The highest BCUT2D eigenvalue weighted by Crippen LogP contribution is 2.46. The van der Waals surface area contributed by atoms with Crippen LogP contribution in [0.25, 0.3) is 4.96 Å². The molecule has 1 spiro atoms. The molecular formula is C22H28IN5OS. The molecule has 1 aliphatic heterocycles. The number of imidazole rings is 1. The summed E-state index contributed by atoms with van der Waals surface area (Å²) >= 11 is 1.64. The Morgan fingerprint density at radius 2 is 2.17 bits per heavy atom. The highest BCUT2D eigenvalue weighted by Gasteiger charge is 2.43. The van der Waals surface area contributed by atoms with E-state index in [0.717, 1.165) is 48.2 Å². The van der Waals surface area contributed by atoms with E-state index in [1.165, 1.54) is 18.4 Å². The van der Waals surface area contributed by atoms with Crippen molar-refractivity contribution in [3.8, 4) is 5.75 Å². The molecule has 0 saturated heterocycles. The van der Waals surface area contributed by atoms with Crippen LogP contribution in [0.4, 0.5) is 0 Å².